The van der Waals surface area contributed by atoms with E-state index in [0.717, 1.165) is 25.7 Å². The fourth-order valence-corrected chi connectivity index (χ4v) is 3.92. The van der Waals surface area contributed by atoms with Gasteiger partial charge in [0.15, 0.2) is 0 Å². The van der Waals surface area contributed by atoms with Gasteiger partial charge in [-0.05, 0) is 76.1 Å². The van der Waals surface area contributed by atoms with Gasteiger partial charge in [-0.1, -0.05) is 39.7 Å². The summed E-state index contributed by atoms with van der Waals surface area (Å²) in [5.41, 5.74) is 0.561. The summed E-state index contributed by atoms with van der Waals surface area (Å²) < 4.78 is 5.43. The van der Waals surface area contributed by atoms with E-state index in [0.29, 0.717) is 24.1 Å². The van der Waals surface area contributed by atoms with Crippen molar-refractivity contribution in [2.45, 2.75) is 104 Å². The number of amides is 3. The fourth-order valence-electron chi connectivity index (χ4n) is 3.92. The number of ether oxygens (including phenoxy) is 1. The van der Waals surface area contributed by atoms with E-state index in [2.05, 4.69) is 10.6 Å². The van der Waals surface area contributed by atoms with E-state index in [1.54, 1.807) is 50.8 Å². The number of aryl methyl sites for hydroxylation is 1. The molecule has 0 aromatic heterocycles. The first-order chi connectivity index (χ1) is 16.4. The van der Waals surface area contributed by atoms with E-state index in [4.69, 9.17) is 4.74 Å². The van der Waals surface area contributed by atoms with Gasteiger partial charge in [0.25, 0.3) is 0 Å². The van der Waals surface area contributed by atoms with E-state index in [-0.39, 0.29) is 29.5 Å². The van der Waals surface area contributed by atoms with Crippen LogP contribution >= 0.6 is 0 Å². The number of aromatic hydroxyl groups is 1. The van der Waals surface area contributed by atoms with Crippen LogP contribution in [-0.2, 0) is 14.3 Å². The molecule has 0 saturated heterocycles. The molecule has 3 unspecified atom stereocenters. The molecule has 196 valence electrons. The SMILES string of the molecule is CCCCNC(=O)C(c1ccc(O)c(C)c1)N(C(=O)C(NC(=O)OC(C)(C)C)C(C)CC)C1CC1. The van der Waals surface area contributed by atoms with Crippen molar-refractivity contribution in [2.24, 2.45) is 5.92 Å². The highest BCUT2D eigenvalue weighted by atomic mass is 16.6. The molecule has 1 aliphatic rings. The average Bonchev–Trinajstić information content (AvgIpc) is 3.60. The van der Waals surface area contributed by atoms with Crippen LogP contribution in [0.25, 0.3) is 0 Å². The molecule has 1 saturated carbocycles. The predicted molar refractivity (Wildman–Crippen MR) is 136 cm³/mol. The van der Waals surface area contributed by atoms with Crippen molar-refractivity contribution in [1.29, 1.82) is 0 Å². The zero-order valence-electron chi connectivity index (χ0n) is 22.3. The van der Waals surface area contributed by atoms with E-state index < -0.39 is 23.8 Å². The summed E-state index contributed by atoms with van der Waals surface area (Å²) >= 11 is 0. The van der Waals surface area contributed by atoms with Crippen LogP contribution in [0.3, 0.4) is 0 Å². The number of phenols is 1. The summed E-state index contributed by atoms with van der Waals surface area (Å²) in [6.45, 7) is 13.5. The lowest BCUT2D eigenvalue weighted by atomic mass is 9.95. The molecule has 1 fully saturated rings. The van der Waals surface area contributed by atoms with Crippen LogP contribution in [0.4, 0.5) is 4.79 Å². The molecule has 1 aromatic carbocycles. The van der Waals surface area contributed by atoms with Crippen LogP contribution in [0.1, 0.15) is 90.8 Å². The molecule has 1 aromatic rings. The van der Waals surface area contributed by atoms with Crippen LogP contribution in [-0.4, -0.2) is 52.1 Å². The smallest absolute Gasteiger partial charge is 0.408 e. The normalized spacial score (nSPS) is 16.1. The Morgan fingerprint density at radius 3 is 2.37 bits per heavy atom. The van der Waals surface area contributed by atoms with Crippen LogP contribution in [0.5, 0.6) is 5.75 Å². The molecule has 1 aliphatic carbocycles. The van der Waals surface area contributed by atoms with Crippen molar-refractivity contribution in [3.63, 3.8) is 0 Å². The molecular formula is C27H43N3O5. The standard InChI is InChI=1S/C27H43N3O5/c1-8-10-15-28-24(32)23(19-11-14-21(31)18(4)16-19)30(20-12-13-20)25(33)22(17(3)9-2)29-26(34)35-27(5,6)7/h11,14,16-17,20,22-23,31H,8-10,12-13,15H2,1-7H3,(H,28,32)(H,29,34). The molecule has 8 nitrogen and oxygen atoms in total. The van der Waals surface area contributed by atoms with Crippen molar-refractivity contribution in [3.8, 4) is 5.75 Å². The Morgan fingerprint density at radius 1 is 1.20 bits per heavy atom. The molecule has 0 bridgehead atoms. The second-order valence-electron chi connectivity index (χ2n) is 10.6. The number of phenolic OH excluding ortho intramolecular Hbond substituents is 1. The number of carbonyl (C=O) groups is 3. The zero-order valence-corrected chi connectivity index (χ0v) is 22.3. The molecule has 3 N–H and O–H groups in total. The third-order valence-corrected chi connectivity index (χ3v) is 6.24. The lowest BCUT2D eigenvalue weighted by molar-refractivity contribution is -0.144. The van der Waals surface area contributed by atoms with Crippen LogP contribution in [0, 0.1) is 12.8 Å². The molecule has 3 amide bonds. The summed E-state index contributed by atoms with van der Waals surface area (Å²) in [5, 5.41) is 15.8. The fraction of sp³-hybridized carbons (Fsp3) is 0.667. The highest BCUT2D eigenvalue weighted by Crippen LogP contribution is 2.37. The lowest BCUT2D eigenvalue weighted by Crippen LogP contribution is -2.55. The Bertz CT molecular complexity index is 891. The van der Waals surface area contributed by atoms with Gasteiger partial charge in [-0.25, -0.2) is 4.79 Å². The van der Waals surface area contributed by atoms with Crippen LogP contribution in [0.2, 0.25) is 0 Å². The lowest BCUT2D eigenvalue weighted by Gasteiger charge is -2.36. The summed E-state index contributed by atoms with van der Waals surface area (Å²) in [7, 11) is 0. The molecule has 0 aliphatic heterocycles. The Hall–Kier alpha value is -2.77. The quantitative estimate of drug-likeness (QED) is 0.394. The van der Waals surface area contributed by atoms with Gasteiger partial charge in [-0.2, -0.15) is 0 Å². The number of rotatable bonds is 11. The topological polar surface area (TPSA) is 108 Å². The molecule has 0 radical (unpaired) electrons. The van der Waals surface area contributed by atoms with Gasteiger partial charge in [0.05, 0.1) is 0 Å². The Morgan fingerprint density at radius 2 is 1.86 bits per heavy atom. The first-order valence-corrected chi connectivity index (χ1v) is 12.8. The molecule has 2 rings (SSSR count). The van der Waals surface area contributed by atoms with Gasteiger partial charge in [0.2, 0.25) is 11.8 Å². The van der Waals surface area contributed by atoms with Crippen molar-refractivity contribution in [3.05, 3.63) is 29.3 Å². The minimum absolute atomic E-state index is 0.0921. The number of hydrogen-bond donors (Lipinski definition) is 3. The van der Waals surface area contributed by atoms with Gasteiger partial charge in [0.1, 0.15) is 23.4 Å². The van der Waals surface area contributed by atoms with Gasteiger partial charge in [0, 0.05) is 12.6 Å². The minimum atomic E-state index is -0.863. The largest absolute Gasteiger partial charge is 0.508 e. The highest BCUT2D eigenvalue weighted by Gasteiger charge is 2.45. The van der Waals surface area contributed by atoms with Gasteiger partial charge < -0.3 is 25.4 Å². The number of carbonyl (C=O) groups excluding carboxylic acids is 3. The first kappa shape index (κ1) is 28.5. The van der Waals surface area contributed by atoms with Crippen molar-refractivity contribution < 1.29 is 24.2 Å². The third kappa shape index (κ3) is 8.15. The van der Waals surface area contributed by atoms with Crippen molar-refractivity contribution >= 4 is 17.9 Å². The molecule has 0 heterocycles. The Balaban J connectivity index is 2.45. The highest BCUT2D eigenvalue weighted by molar-refractivity contribution is 5.92. The van der Waals surface area contributed by atoms with Gasteiger partial charge in [-0.15, -0.1) is 0 Å². The predicted octanol–water partition coefficient (Wildman–Crippen LogP) is 4.59. The maximum Gasteiger partial charge on any atom is 0.408 e. The number of benzene rings is 1. The molecular weight excluding hydrogens is 446 g/mol. The monoisotopic (exact) mass is 489 g/mol. The molecule has 0 spiro atoms. The molecule has 35 heavy (non-hydrogen) atoms. The van der Waals surface area contributed by atoms with Gasteiger partial charge in [-0.3, -0.25) is 9.59 Å². The second kappa shape index (κ2) is 12.3. The maximum absolute atomic E-state index is 14.1. The molecule has 3 atom stereocenters. The molecule has 8 heteroatoms. The maximum atomic E-state index is 14.1. The first-order valence-electron chi connectivity index (χ1n) is 12.8. The summed E-state index contributed by atoms with van der Waals surface area (Å²) in [5.74, 6) is -0.591. The van der Waals surface area contributed by atoms with Crippen LogP contribution in [0.15, 0.2) is 18.2 Å². The van der Waals surface area contributed by atoms with Crippen molar-refractivity contribution in [1.82, 2.24) is 15.5 Å². The average molecular weight is 490 g/mol. The number of nitrogens with one attached hydrogen (secondary N) is 2. The zero-order chi connectivity index (χ0) is 26.3. The number of unbranched alkanes of at least 4 members (excludes halogenated alkanes) is 1. The summed E-state index contributed by atoms with van der Waals surface area (Å²) in [6, 6.07) is 3.21. The number of hydrogen-bond acceptors (Lipinski definition) is 5. The second-order valence-corrected chi connectivity index (χ2v) is 10.6. The van der Waals surface area contributed by atoms with E-state index in [9.17, 15) is 19.5 Å². The summed E-state index contributed by atoms with van der Waals surface area (Å²) in [4.78, 5) is 41.8. The number of alkyl carbamates (subject to hydrolysis) is 1. The van der Waals surface area contributed by atoms with Gasteiger partial charge >= 0.3 is 6.09 Å². The van der Waals surface area contributed by atoms with E-state index in [1.165, 1.54) is 0 Å². The Labute approximate surface area is 209 Å². The van der Waals surface area contributed by atoms with E-state index in [1.807, 2.05) is 20.8 Å². The van der Waals surface area contributed by atoms with Crippen molar-refractivity contribution in [2.75, 3.05) is 6.54 Å². The number of nitrogens with zero attached hydrogens (tertiary/aromatic N) is 1. The Kier molecular flexibility index (Phi) is 9.98. The van der Waals surface area contributed by atoms with Crippen LogP contribution < -0.4 is 10.6 Å². The minimum Gasteiger partial charge on any atom is -0.508 e. The third-order valence-electron chi connectivity index (χ3n) is 6.24. The summed E-state index contributed by atoms with van der Waals surface area (Å²) in [6.07, 6.45) is 3.36. The van der Waals surface area contributed by atoms with E-state index >= 15 is 0 Å².